The lowest BCUT2D eigenvalue weighted by Gasteiger charge is -2.01. The maximum absolute atomic E-state index is 10.00. The van der Waals surface area contributed by atoms with Crippen LogP contribution in [-0.2, 0) is 4.79 Å². The number of nitrogens with one attached hydrogen (secondary N) is 1. The number of hydrogen-bond donors (Lipinski definition) is 2. The zero-order valence-electron chi connectivity index (χ0n) is 5.45. The van der Waals surface area contributed by atoms with Gasteiger partial charge in [0.2, 0.25) is 0 Å². The van der Waals surface area contributed by atoms with E-state index in [9.17, 15) is 4.79 Å². The van der Waals surface area contributed by atoms with Crippen LogP contribution in [0, 0.1) is 0 Å². The predicted molar refractivity (Wildman–Crippen MR) is 36.2 cm³/mol. The summed E-state index contributed by atoms with van der Waals surface area (Å²) >= 11 is 0. The van der Waals surface area contributed by atoms with Crippen LogP contribution in [0.5, 0.6) is 0 Å². The van der Waals surface area contributed by atoms with Gasteiger partial charge < -0.3 is 15.5 Å². The van der Waals surface area contributed by atoms with Gasteiger partial charge in [-0.3, -0.25) is 0 Å². The minimum absolute atomic E-state index is 0.236. The number of carbonyl (C=O) groups is 1. The van der Waals surface area contributed by atoms with Crippen LogP contribution in [0.15, 0.2) is 12.5 Å². The van der Waals surface area contributed by atoms with Crippen molar-refractivity contribution in [3.63, 3.8) is 0 Å². The molecule has 0 aromatic carbocycles. The van der Waals surface area contributed by atoms with Crippen molar-refractivity contribution in [1.82, 2.24) is 9.97 Å². The summed E-state index contributed by atoms with van der Waals surface area (Å²) < 4.78 is 0. The van der Waals surface area contributed by atoms with Crippen LogP contribution in [0.1, 0.15) is 18.2 Å². The normalized spacial score (nSPS) is 12.9. The van der Waals surface area contributed by atoms with E-state index in [0.29, 0.717) is 6.42 Å². The van der Waals surface area contributed by atoms with Gasteiger partial charge in [0.15, 0.2) is 0 Å². The molecule has 0 aliphatic rings. The molecule has 0 radical (unpaired) electrons. The van der Waals surface area contributed by atoms with Gasteiger partial charge in [-0.25, -0.2) is 4.98 Å². The fraction of sp³-hybridized carbons (Fsp3) is 0.333. The van der Waals surface area contributed by atoms with Crippen LogP contribution in [0.25, 0.3) is 0 Å². The summed E-state index contributed by atoms with van der Waals surface area (Å²) in [6, 6.07) is -0.236. The fourth-order valence-corrected chi connectivity index (χ4v) is 0.700. The predicted octanol–water partition coefficient (Wildman–Crippen LogP) is -0.00150. The van der Waals surface area contributed by atoms with E-state index in [-0.39, 0.29) is 6.04 Å². The van der Waals surface area contributed by atoms with Crippen molar-refractivity contribution < 1.29 is 4.79 Å². The highest BCUT2D eigenvalue weighted by atomic mass is 16.1. The number of aromatic nitrogens is 2. The summed E-state index contributed by atoms with van der Waals surface area (Å²) in [5.74, 6) is 0. The third-order valence-electron chi connectivity index (χ3n) is 1.27. The van der Waals surface area contributed by atoms with Crippen molar-refractivity contribution in [1.29, 1.82) is 0 Å². The average Bonchev–Trinajstić information content (AvgIpc) is 2.38. The Morgan fingerprint density at radius 1 is 1.90 bits per heavy atom. The zero-order valence-corrected chi connectivity index (χ0v) is 5.45. The van der Waals surface area contributed by atoms with Gasteiger partial charge in [-0.15, -0.1) is 0 Å². The Bertz CT molecular complexity index is 195. The van der Waals surface area contributed by atoms with Crippen molar-refractivity contribution >= 4 is 6.29 Å². The van der Waals surface area contributed by atoms with Gasteiger partial charge in [-0.2, -0.15) is 0 Å². The molecule has 0 aliphatic carbocycles. The first-order valence-corrected chi connectivity index (χ1v) is 3.02. The minimum atomic E-state index is -0.236. The number of rotatable bonds is 3. The Balaban J connectivity index is 2.58. The van der Waals surface area contributed by atoms with E-state index < -0.39 is 0 Å². The van der Waals surface area contributed by atoms with Crippen molar-refractivity contribution in [2.24, 2.45) is 5.73 Å². The first-order valence-electron chi connectivity index (χ1n) is 3.02. The Kier molecular flexibility index (Phi) is 2.17. The van der Waals surface area contributed by atoms with Gasteiger partial charge in [0, 0.05) is 12.6 Å². The summed E-state index contributed by atoms with van der Waals surface area (Å²) in [6.07, 6.45) is 4.29. The Morgan fingerprint density at radius 2 is 2.70 bits per heavy atom. The number of nitrogens with zero attached hydrogens (tertiary/aromatic N) is 1. The maximum Gasteiger partial charge on any atom is 0.121 e. The minimum Gasteiger partial charge on any atom is -0.347 e. The van der Waals surface area contributed by atoms with Crippen LogP contribution in [0.2, 0.25) is 0 Å². The molecule has 3 N–H and O–H groups in total. The second-order valence-electron chi connectivity index (χ2n) is 2.02. The molecule has 0 saturated carbocycles. The molecule has 0 unspecified atom stereocenters. The van der Waals surface area contributed by atoms with Gasteiger partial charge in [0.05, 0.1) is 18.1 Å². The Labute approximate surface area is 58.5 Å². The standard InChI is InChI=1S/C6H9N3O/c7-5(1-2-10)6-3-8-4-9-6/h2-5H,1,7H2,(H,8,9)/t5-/m0/s1. The second-order valence-corrected chi connectivity index (χ2v) is 2.02. The summed E-state index contributed by atoms with van der Waals surface area (Å²) in [6.45, 7) is 0. The van der Waals surface area contributed by atoms with E-state index in [0.717, 1.165) is 12.0 Å². The van der Waals surface area contributed by atoms with Crippen LogP contribution >= 0.6 is 0 Å². The molecular formula is C6H9N3O. The number of H-pyrrole nitrogens is 1. The third kappa shape index (κ3) is 1.41. The quantitative estimate of drug-likeness (QED) is 0.579. The highest BCUT2D eigenvalue weighted by molar-refractivity contribution is 5.50. The molecule has 1 aromatic heterocycles. The van der Waals surface area contributed by atoms with Gasteiger partial charge >= 0.3 is 0 Å². The van der Waals surface area contributed by atoms with Crippen molar-refractivity contribution in [3.8, 4) is 0 Å². The highest BCUT2D eigenvalue weighted by Gasteiger charge is 2.04. The van der Waals surface area contributed by atoms with Gasteiger partial charge in [0.1, 0.15) is 6.29 Å². The van der Waals surface area contributed by atoms with E-state index in [1.54, 1.807) is 12.5 Å². The van der Waals surface area contributed by atoms with Gasteiger partial charge in [-0.05, 0) is 0 Å². The molecule has 0 spiro atoms. The lowest BCUT2D eigenvalue weighted by Crippen LogP contribution is -2.10. The molecule has 4 heteroatoms. The van der Waals surface area contributed by atoms with Crippen molar-refractivity contribution in [2.45, 2.75) is 12.5 Å². The Hall–Kier alpha value is -1.16. The molecule has 0 amide bonds. The number of hydrogen-bond acceptors (Lipinski definition) is 3. The summed E-state index contributed by atoms with van der Waals surface area (Å²) in [5.41, 5.74) is 6.35. The first-order chi connectivity index (χ1) is 4.84. The SMILES string of the molecule is N[C@@H](CC=O)c1cnc[nH]1. The second kappa shape index (κ2) is 3.12. The van der Waals surface area contributed by atoms with Crippen molar-refractivity contribution in [3.05, 3.63) is 18.2 Å². The lowest BCUT2D eigenvalue weighted by molar-refractivity contribution is -0.108. The molecule has 0 saturated heterocycles. The monoisotopic (exact) mass is 139 g/mol. The summed E-state index contributed by atoms with van der Waals surface area (Å²) in [7, 11) is 0. The molecule has 0 fully saturated rings. The molecule has 4 nitrogen and oxygen atoms in total. The first kappa shape index (κ1) is 6.95. The Morgan fingerprint density at radius 3 is 3.20 bits per heavy atom. The van der Waals surface area contributed by atoms with Crippen LogP contribution in [0.4, 0.5) is 0 Å². The van der Waals surface area contributed by atoms with E-state index in [1.807, 2.05) is 0 Å². The van der Waals surface area contributed by atoms with E-state index in [2.05, 4.69) is 9.97 Å². The lowest BCUT2D eigenvalue weighted by atomic mass is 10.2. The average molecular weight is 139 g/mol. The summed E-state index contributed by atoms with van der Waals surface area (Å²) in [5, 5.41) is 0. The molecule has 54 valence electrons. The highest BCUT2D eigenvalue weighted by Crippen LogP contribution is 2.06. The molecule has 1 rings (SSSR count). The largest absolute Gasteiger partial charge is 0.347 e. The molecule has 1 atom stereocenters. The zero-order chi connectivity index (χ0) is 7.40. The molecule has 1 heterocycles. The molecule has 0 bridgehead atoms. The molecular weight excluding hydrogens is 130 g/mol. The maximum atomic E-state index is 10.00. The number of aromatic amines is 1. The van der Waals surface area contributed by atoms with E-state index in [1.165, 1.54) is 0 Å². The fourth-order valence-electron chi connectivity index (χ4n) is 0.700. The van der Waals surface area contributed by atoms with E-state index >= 15 is 0 Å². The van der Waals surface area contributed by atoms with Gasteiger partial charge in [-0.1, -0.05) is 0 Å². The van der Waals surface area contributed by atoms with Crippen LogP contribution < -0.4 is 5.73 Å². The number of carbonyl (C=O) groups excluding carboxylic acids is 1. The number of aldehydes is 1. The number of imidazole rings is 1. The van der Waals surface area contributed by atoms with Crippen molar-refractivity contribution in [2.75, 3.05) is 0 Å². The number of nitrogens with two attached hydrogens (primary N) is 1. The topological polar surface area (TPSA) is 71.8 Å². The summed E-state index contributed by atoms with van der Waals surface area (Å²) in [4.78, 5) is 16.6. The smallest absolute Gasteiger partial charge is 0.121 e. The van der Waals surface area contributed by atoms with Crippen LogP contribution in [0.3, 0.4) is 0 Å². The van der Waals surface area contributed by atoms with E-state index in [4.69, 9.17) is 5.73 Å². The molecule has 0 aliphatic heterocycles. The molecule has 1 aromatic rings. The van der Waals surface area contributed by atoms with Gasteiger partial charge in [0.25, 0.3) is 0 Å². The third-order valence-corrected chi connectivity index (χ3v) is 1.27. The molecule has 10 heavy (non-hydrogen) atoms. The van der Waals surface area contributed by atoms with Crippen LogP contribution in [-0.4, -0.2) is 16.3 Å².